The molecular formula is C14H18O2S. The van der Waals surface area contributed by atoms with Crippen LogP contribution in [0.5, 0.6) is 0 Å². The first-order valence-electron chi connectivity index (χ1n) is 6.47. The van der Waals surface area contributed by atoms with Crippen molar-refractivity contribution in [1.29, 1.82) is 0 Å². The summed E-state index contributed by atoms with van der Waals surface area (Å²) in [5.41, 5.74) is 1.46. The van der Waals surface area contributed by atoms with Gasteiger partial charge in [0.2, 0.25) is 0 Å². The van der Waals surface area contributed by atoms with E-state index >= 15 is 0 Å². The van der Waals surface area contributed by atoms with E-state index in [0.29, 0.717) is 0 Å². The molecule has 3 heteroatoms. The molecule has 1 atom stereocenters. The average molecular weight is 250 g/mol. The van der Waals surface area contributed by atoms with E-state index in [2.05, 4.69) is 6.07 Å². The number of aliphatic hydroxyl groups is 1. The highest BCUT2D eigenvalue weighted by Crippen LogP contribution is 2.36. The summed E-state index contributed by atoms with van der Waals surface area (Å²) in [4.78, 5) is 2.54. The Balaban J connectivity index is 1.83. The molecule has 17 heavy (non-hydrogen) atoms. The molecule has 0 amide bonds. The van der Waals surface area contributed by atoms with Crippen LogP contribution in [0.25, 0.3) is 0 Å². The van der Waals surface area contributed by atoms with Crippen molar-refractivity contribution in [2.24, 2.45) is 0 Å². The molecule has 2 heterocycles. The molecule has 1 aliphatic heterocycles. The van der Waals surface area contributed by atoms with Crippen LogP contribution >= 0.6 is 11.3 Å². The van der Waals surface area contributed by atoms with Gasteiger partial charge in [-0.1, -0.05) is 6.42 Å². The SMILES string of the molecule is OC(C1=CCCO1)c1cc2c(s1)CCCCC2. The number of ether oxygens (including phenoxy) is 1. The minimum atomic E-state index is -0.533. The Bertz CT molecular complexity index is 410. The molecule has 1 aromatic heterocycles. The van der Waals surface area contributed by atoms with Crippen LogP contribution in [0.4, 0.5) is 0 Å². The maximum absolute atomic E-state index is 10.3. The second-order valence-corrected chi connectivity index (χ2v) is 5.97. The number of hydrogen-bond donors (Lipinski definition) is 1. The van der Waals surface area contributed by atoms with Gasteiger partial charge in [-0.25, -0.2) is 0 Å². The first-order valence-corrected chi connectivity index (χ1v) is 7.28. The first kappa shape index (κ1) is 11.3. The molecule has 0 bridgehead atoms. The van der Waals surface area contributed by atoms with E-state index in [1.165, 1.54) is 42.5 Å². The smallest absolute Gasteiger partial charge is 0.145 e. The number of aliphatic hydroxyl groups excluding tert-OH is 1. The highest BCUT2D eigenvalue weighted by molar-refractivity contribution is 7.12. The maximum atomic E-state index is 10.3. The van der Waals surface area contributed by atoms with Gasteiger partial charge in [-0.2, -0.15) is 0 Å². The predicted molar refractivity (Wildman–Crippen MR) is 69.2 cm³/mol. The standard InChI is InChI=1S/C14H18O2S/c15-14(11-6-4-8-16-11)13-9-10-5-2-1-3-7-12(10)17-13/h6,9,14-15H,1-5,7-8H2. The molecule has 1 N–H and O–H groups in total. The maximum Gasteiger partial charge on any atom is 0.145 e. The van der Waals surface area contributed by atoms with Gasteiger partial charge in [0.1, 0.15) is 11.9 Å². The zero-order chi connectivity index (χ0) is 11.7. The lowest BCUT2D eigenvalue weighted by molar-refractivity contribution is 0.121. The highest BCUT2D eigenvalue weighted by atomic mass is 32.1. The van der Waals surface area contributed by atoms with Crippen molar-refractivity contribution in [3.8, 4) is 0 Å². The quantitative estimate of drug-likeness (QED) is 0.816. The minimum absolute atomic E-state index is 0.533. The van der Waals surface area contributed by atoms with E-state index in [-0.39, 0.29) is 0 Å². The van der Waals surface area contributed by atoms with Crippen LogP contribution in [0.1, 0.15) is 47.1 Å². The van der Waals surface area contributed by atoms with Gasteiger partial charge in [0.15, 0.2) is 0 Å². The second kappa shape index (κ2) is 4.83. The third kappa shape index (κ3) is 2.26. The monoisotopic (exact) mass is 250 g/mol. The molecule has 3 rings (SSSR count). The second-order valence-electron chi connectivity index (χ2n) is 4.80. The minimum Gasteiger partial charge on any atom is -0.495 e. The van der Waals surface area contributed by atoms with E-state index in [4.69, 9.17) is 4.74 Å². The number of thiophene rings is 1. The third-order valence-electron chi connectivity index (χ3n) is 3.54. The van der Waals surface area contributed by atoms with Gasteiger partial charge in [-0.3, -0.25) is 0 Å². The third-order valence-corrected chi connectivity index (χ3v) is 4.83. The van der Waals surface area contributed by atoms with Gasteiger partial charge in [0.25, 0.3) is 0 Å². The number of hydrogen-bond acceptors (Lipinski definition) is 3. The molecule has 1 unspecified atom stereocenters. The Labute approximate surface area is 106 Å². The van der Waals surface area contributed by atoms with Gasteiger partial charge in [0.05, 0.1) is 6.61 Å². The summed E-state index contributed by atoms with van der Waals surface area (Å²) in [6, 6.07) is 2.19. The van der Waals surface area contributed by atoms with Crippen LogP contribution < -0.4 is 0 Å². The predicted octanol–water partition coefficient (Wildman–Crippen LogP) is 3.35. The zero-order valence-electron chi connectivity index (χ0n) is 9.95. The van der Waals surface area contributed by atoms with Gasteiger partial charge in [-0.05, 0) is 43.4 Å². The van der Waals surface area contributed by atoms with Crippen molar-refractivity contribution in [2.75, 3.05) is 6.61 Å². The highest BCUT2D eigenvalue weighted by Gasteiger charge is 2.22. The summed E-state index contributed by atoms with van der Waals surface area (Å²) in [6.07, 6.45) is 8.70. The summed E-state index contributed by atoms with van der Waals surface area (Å²) in [6.45, 7) is 0.720. The van der Waals surface area contributed by atoms with Crippen molar-refractivity contribution in [1.82, 2.24) is 0 Å². The van der Waals surface area contributed by atoms with Gasteiger partial charge >= 0.3 is 0 Å². The molecule has 0 radical (unpaired) electrons. The van der Waals surface area contributed by atoms with Crippen molar-refractivity contribution < 1.29 is 9.84 Å². The summed E-state index contributed by atoms with van der Waals surface area (Å²) < 4.78 is 5.44. The Morgan fingerprint density at radius 2 is 2.12 bits per heavy atom. The van der Waals surface area contributed by atoms with Crippen LogP contribution in [-0.4, -0.2) is 11.7 Å². The fourth-order valence-corrected chi connectivity index (χ4v) is 3.84. The molecule has 0 saturated carbocycles. The fraction of sp³-hybridized carbons (Fsp3) is 0.571. The Morgan fingerprint density at radius 3 is 2.94 bits per heavy atom. The Morgan fingerprint density at radius 1 is 1.24 bits per heavy atom. The molecule has 1 aliphatic carbocycles. The van der Waals surface area contributed by atoms with E-state index in [0.717, 1.165) is 23.7 Å². The van der Waals surface area contributed by atoms with Crippen LogP contribution in [0, 0.1) is 0 Å². The van der Waals surface area contributed by atoms with Gasteiger partial charge < -0.3 is 9.84 Å². The van der Waals surface area contributed by atoms with E-state index in [1.807, 2.05) is 6.08 Å². The van der Waals surface area contributed by atoms with E-state index in [9.17, 15) is 5.11 Å². The van der Waals surface area contributed by atoms with Gasteiger partial charge in [0, 0.05) is 16.2 Å². The molecule has 0 aromatic carbocycles. The molecule has 2 aliphatic rings. The molecule has 0 saturated heterocycles. The van der Waals surface area contributed by atoms with Crippen molar-refractivity contribution in [3.63, 3.8) is 0 Å². The molecule has 0 spiro atoms. The molecule has 2 nitrogen and oxygen atoms in total. The topological polar surface area (TPSA) is 29.5 Å². The summed E-state index contributed by atoms with van der Waals surface area (Å²) >= 11 is 1.77. The largest absolute Gasteiger partial charge is 0.495 e. The summed E-state index contributed by atoms with van der Waals surface area (Å²) in [5, 5.41) is 10.3. The average Bonchev–Trinajstić information content (AvgIpc) is 2.95. The van der Waals surface area contributed by atoms with Crippen LogP contribution in [0.2, 0.25) is 0 Å². The van der Waals surface area contributed by atoms with Crippen LogP contribution in [-0.2, 0) is 17.6 Å². The van der Waals surface area contributed by atoms with Crippen molar-refractivity contribution in [2.45, 2.75) is 44.6 Å². The number of aryl methyl sites for hydroxylation is 2. The van der Waals surface area contributed by atoms with Crippen molar-refractivity contribution in [3.05, 3.63) is 33.2 Å². The van der Waals surface area contributed by atoms with E-state index in [1.54, 1.807) is 11.3 Å². The van der Waals surface area contributed by atoms with Gasteiger partial charge in [-0.15, -0.1) is 11.3 Å². The van der Waals surface area contributed by atoms with Crippen molar-refractivity contribution >= 4 is 11.3 Å². The Kier molecular flexibility index (Phi) is 3.21. The van der Waals surface area contributed by atoms with E-state index < -0.39 is 6.10 Å². The van der Waals surface area contributed by atoms with Crippen LogP contribution in [0.15, 0.2) is 17.9 Å². The summed E-state index contributed by atoms with van der Waals surface area (Å²) in [5.74, 6) is 0.751. The lowest BCUT2D eigenvalue weighted by Gasteiger charge is -2.09. The zero-order valence-corrected chi connectivity index (χ0v) is 10.8. The first-order chi connectivity index (χ1) is 8.34. The fourth-order valence-electron chi connectivity index (χ4n) is 2.59. The van der Waals surface area contributed by atoms with Crippen LogP contribution in [0.3, 0.4) is 0 Å². The normalized spacial score (nSPS) is 21.4. The number of rotatable bonds is 2. The Hall–Kier alpha value is -0.800. The lowest BCUT2D eigenvalue weighted by Crippen LogP contribution is -1.99. The molecule has 0 fully saturated rings. The summed E-state index contributed by atoms with van der Waals surface area (Å²) in [7, 11) is 0. The number of fused-ring (bicyclic) bond motifs is 1. The molecule has 1 aromatic rings. The molecular weight excluding hydrogens is 232 g/mol. The lowest BCUT2D eigenvalue weighted by atomic mass is 10.1. The molecule has 92 valence electrons.